The maximum Gasteiger partial charge on any atom is 0.273 e. The van der Waals surface area contributed by atoms with E-state index in [4.69, 9.17) is 4.74 Å². The van der Waals surface area contributed by atoms with Gasteiger partial charge < -0.3 is 19.6 Å². The van der Waals surface area contributed by atoms with Gasteiger partial charge in [0.2, 0.25) is 0 Å². The quantitative estimate of drug-likeness (QED) is 0.861. The van der Waals surface area contributed by atoms with Crippen molar-refractivity contribution in [1.29, 1.82) is 0 Å². The molecule has 28 heavy (non-hydrogen) atoms. The van der Waals surface area contributed by atoms with Crippen molar-refractivity contribution in [3.8, 4) is 5.75 Å². The number of amides is 1. The summed E-state index contributed by atoms with van der Waals surface area (Å²) in [5, 5.41) is 13.8. The number of aryl methyl sites for hydroxylation is 1. The van der Waals surface area contributed by atoms with E-state index in [0.29, 0.717) is 18.8 Å². The van der Waals surface area contributed by atoms with Crippen LogP contribution in [0.4, 0.5) is 0 Å². The molecule has 0 aromatic carbocycles. The van der Waals surface area contributed by atoms with E-state index in [2.05, 4.69) is 15.0 Å². The molecule has 2 aromatic heterocycles. The van der Waals surface area contributed by atoms with E-state index >= 15 is 0 Å². The number of likely N-dealkylation sites (tertiary alicyclic amines) is 1. The molecule has 0 unspecified atom stereocenters. The van der Waals surface area contributed by atoms with Gasteiger partial charge >= 0.3 is 0 Å². The van der Waals surface area contributed by atoms with Crippen LogP contribution in [0.25, 0.3) is 0 Å². The van der Waals surface area contributed by atoms with Gasteiger partial charge in [0.25, 0.3) is 5.91 Å². The number of carbonyl (C=O) groups excluding carboxylic acids is 1. The lowest BCUT2D eigenvalue weighted by Crippen LogP contribution is -2.52. The number of hydrogen-bond donors (Lipinski definition) is 1. The monoisotopic (exact) mass is 385 g/mol. The molecule has 2 aliphatic rings. The van der Waals surface area contributed by atoms with Crippen molar-refractivity contribution in [1.82, 2.24) is 24.6 Å². The van der Waals surface area contributed by atoms with E-state index in [0.717, 1.165) is 25.2 Å². The van der Waals surface area contributed by atoms with E-state index in [1.807, 2.05) is 24.3 Å². The molecule has 0 spiro atoms. The van der Waals surface area contributed by atoms with Crippen LogP contribution in [0.2, 0.25) is 0 Å². The Bertz CT molecular complexity index is 800. The molecule has 2 saturated heterocycles. The van der Waals surface area contributed by atoms with Crippen LogP contribution in [0.1, 0.15) is 41.4 Å². The molecule has 2 atom stereocenters. The fourth-order valence-corrected chi connectivity index (χ4v) is 4.16. The highest BCUT2D eigenvalue weighted by atomic mass is 16.5. The van der Waals surface area contributed by atoms with Gasteiger partial charge in [-0.3, -0.25) is 9.48 Å². The third-order valence-corrected chi connectivity index (χ3v) is 5.53. The topological polar surface area (TPSA) is 83.7 Å². The Morgan fingerprint density at radius 1 is 1.21 bits per heavy atom. The van der Waals surface area contributed by atoms with Crippen molar-refractivity contribution in [2.75, 3.05) is 32.8 Å². The summed E-state index contributed by atoms with van der Waals surface area (Å²) in [6, 6.07) is 2.84. The summed E-state index contributed by atoms with van der Waals surface area (Å²) < 4.78 is 7.91. The molecule has 4 heterocycles. The first kappa shape index (κ1) is 18.9. The molecular formula is C20H27N5O3. The summed E-state index contributed by atoms with van der Waals surface area (Å²) in [7, 11) is 1.88. The third kappa shape index (κ3) is 4.02. The standard InChI is InChI=1S/C20H27N5O3/c1-23-13-15(11-22-23)19-18(14-24-7-3-2-4-8-24)28-10-9-25(19)20(27)17-6-5-16(26)12-21-17/h5-6,11-13,18-19,26H,2-4,7-10,14H2,1H3/t18-,19-/m0/s1. The van der Waals surface area contributed by atoms with Crippen LogP contribution in [0.15, 0.2) is 30.7 Å². The normalized spacial score (nSPS) is 23.7. The van der Waals surface area contributed by atoms with Crippen LogP contribution in [0, 0.1) is 0 Å². The lowest BCUT2D eigenvalue weighted by atomic mass is 9.99. The largest absolute Gasteiger partial charge is 0.506 e. The van der Waals surface area contributed by atoms with Gasteiger partial charge in [-0.15, -0.1) is 0 Å². The van der Waals surface area contributed by atoms with Gasteiger partial charge in [-0.05, 0) is 38.1 Å². The average molecular weight is 385 g/mol. The summed E-state index contributed by atoms with van der Waals surface area (Å²) in [5.41, 5.74) is 1.29. The van der Waals surface area contributed by atoms with Gasteiger partial charge in [-0.25, -0.2) is 4.98 Å². The Hall–Kier alpha value is -2.45. The molecule has 4 rings (SSSR count). The van der Waals surface area contributed by atoms with Crippen LogP contribution in [-0.4, -0.2) is 74.5 Å². The molecule has 0 aliphatic carbocycles. The SMILES string of the molecule is Cn1cc([C@H]2[C@H](CN3CCCCC3)OCCN2C(=O)c2ccc(O)cn2)cn1. The van der Waals surface area contributed by atoms with Crippen molar-refractivity contribution in [2.45, 2.75) is 31.4 Å². The number of aromatic nitrogens is 3. The number of hydrogen-bond acceptors (Lipinski definition) is 6. The molecule has 1 amide bonds. The molecule has 2 aromatic rings. The lowest BCUT2D eigenvalue weighted by molar-refractivity contribution is -0.0743. The summed E-state index contributed by atoms with van der Waals surface area (Å²) in [4.78, 5) is 21.6. The first-order valence-corrected chi connectivity index (χ1v) is 9.90. The van der Waals surface area contributed by atoms with Crippen LogP contribution in [0.5, 0.6) is 5.75 Å². The fraction of sp³-hybridized carbons (Fsp3) is 0.550. The van der Waals surface area contributed by atoms with Crippen LogP contribution >= 0.6 is 0 Å². The predicted octanol–water partition coefficient (Wildman–Crippen LogP) is 1.59. The molecule has 150 valence electrons. The first-order valence-electron chi connectivity index (χ1n) is 9.90. The van der Waals surface area contributed by atoms with Crippen LogP contribution < -0.4 is 0 Å². The first-order chi connectivity index (χ1) is 13.6. The highest BCUT2D eigenvalue weighted by molar-refractivity contribution is 5.92. The van der Waals surface area contributed by atoms with Gasteiger partial charge in [0.1, 0.15) is 11.4 Å². The Morgan fingerprint density at radius 2 is 2.04 bits per heavy atom. The Morgan fingerprint density at radius 3 is 2.71 bits per heavy atom. The van der Waals surface area contributed by atoms with Crippen molar-refractivity contribution in [3.05, 3.63) is 42.0 Å². The molecule has 8 nitrogen and oxygen atoms in total. The van der Waals surface area contributed by atoms with Crippen molar-refractivity contribution < 1.29 is 14.6 Å². The second-order valence-electron chi connectivity index (χ2n) is 7.56. The maximum absolute atomic E-state index is 13.2. The summed E-state index contributed by atoms with van der Waals surface area (Å²) >= 11 is 0. The molecule has 0 saturated carbocycles. The molecule has 2 aliphatic heterocycles. The summed E-state index contributed by atoms with van der Waals surface area (Å²) in [6.07, 6.45) is 8.66. The van der Waals surface area contributed by atoms with E-state index in [-0.39, 0.29) is 23.8 Å². The molecule has 1 N–H and O–H groups in total. The minimum atomic E-state index is -0.215. The second kappa shape index (κ2) is 8.28. The predicted molar refractivity (Wildman–Crippen MR) is 103 cm³/mol. The number of carbonyl (C=O) groups is 1. The van der Waals surface area contributed by atoms with Crippen molar-refractivity contribution in [2.24, 2.45) is 7.05 Å². The average Bonchev–Trinajstić information content (AvgIpc) is 3.14. The minimum Gasteiger partial charge on any atom is -0.506 e. The smallest absolute Gasteiger partial charge is 0.273 e. The zero-order chi connectivity index (χ0) is 19.5. The molecule has 0 radical (unpaired) electrons. The van der Waals surface area contributed by atoms with Crippen LogP contribution in [0.3, 0.4) is 0 Å². The van der Waals surface area contributed by atoms with Gasteiger partial charge in [-0.2, -0.15) is 5.10 Å². The zero-order valence-corrected chi connectivity index (χ0v) is 16.2. The highest BCUT2D eigenvalue weighted by Gasteiger charge is 2.38. The third-order valence-electron chi connectivity index (χ3n) is 5.53. The Labute approximate surface area is 164 Å². The maximum atomic E-state index is 13.2. The van der Waals surface area contributed by atoms with E-state index in [1.165, 1.54) is 31.5 Å². The molecule has 0 bridgehead atoms. The van der Waals surface area contributed by atoms with Crippen LogP contribution in [-0.2, 0) is 11.8 Å². The number of pyridine rings is 1. The Balaban J connectivity index is 1.61. The number of nitrogens with zero attached hydrogens (tertiary/aromatic N) is 5. The number of rotatable bonds is 4. The van der Waals surface area contributed by atoms with Gasteiger partial charge in [-0.1, -0.05) is 6.42 Å². The minimum absolute atomic E-state index is 0.0466. The number of aromatic hydroxyl groups is 1. The zero-order valence-electron chi connectivity index (χ0n) is 16.2. The number of morpholine rings is 1. The van der Waals surface area contributed by atoms with E-state index in [1.54, 1.807) is 10.7 Å². The van der Waals surface area contributed by atoms with Crippen molar-refractivity contribution >= 4 is 5.91 Å². The highest BCUT2D eigenvalue weighted by Crippen LogP contribution is 2.31. The number of piperidine rings is 1. The second-order valence-corrected chi connectivity index (χ2v) is 7.56. The summed E-state index contributed by atoms with van der Waals surface area (Å²) in [6.45, 7) is 3.95. The van der Waals surface area contributed by atoms with Crippen molar-refractivity contribution in [3.63, 3.8) is 0 Å². The van der Waals surface area contributed by atoms with Gasteiger partial charge in [0.05, 0.1) is 31.1 Å². The Kier molecular flexibility index (Phi) is 5.59. The number of ether oxygens (including phenoxy) is 1. The molecule has 8 heteroatoms. The molecule has 2 fully saturated rings. The lowest BCUT2D eigenvalue weighted by Gasteiger charge is -2.43. The van der Waals surface area contributed by atoms with E-state index < -0.39 is 0 Å². The summed E-state index contributed by atoms with van der Waals surface area (Å²) in [5.74, 6) is -0.105. The van der Waals surface area contributed by atoms with Gasteiger partial charge in [0.15, 0.2) is 0 Å². The van der Waals surface area contributed by atoms with E-state index in [9.17, 15) is 9.90 Å². The van der Waals surface area contributed by atoms with Gasteiger partial charge in [0, 0.05) is 31.9 Å². The fourth-order valence-electron chi connectivity index (χ4n) is 4.16. The molecular weight excluding hydrogens is 358 g/mol.